The molecule has 47 heavy (non-hydrogen) atoms. The number of hydrogen-bond acceptors (Lipinski definition) is 0. The number of fused-ring (bicyclic) bond motifs is 2. The quantitative estimate of drug-likeness (QED) is 0.236. The molecule has 0 bridgehead atoms. The number of hydrogen-bond donors (Lipinski definition) is 0. The van der Waals surface area contributed by atoms with Gasteiger partial charge in [-0.2, -0.15) is 0 Å². The van der Waals surface area contributed by atoms with Crippen LogP contribution in [0, 0.1) is 74.0 Å². The van der Waals surface area contributed by atoms with E-state index in [1.165, 1.54) is 75.3 Å². The summed E-state index contributed by atoms with van der Waals surface area (Å²) in [7, 11) is 9.87. The van der Waals surface area contributed by atoms with Crippen molar-refractivity contribution in [2.45, 2.75) is 78.1 Å². The molecule has 0 spiro atoms. The maximum atomic E-state index is 4.93. The molecule has 0 radical (unpaired) electrons. The van der Waals surface area contributed by atoms with Gasteiger partial charge >= 0.3 is 37.9 Å². The molecule has 3 fully saturated rings. The molecule has 0 aromatic heterocycles. The summed E-state index contributed by atoms with van der Waals surface area (Å²) in [6.07, 6.45) is 29.2. The average molecular weight is 749 g/mol. The van der Waals surface area contributed by atoms with Crippen LogP contribution in [0.2, 0.25) is 0 Å². The van der Waals surface area contributed by atoms with Gasteiger partial charge in [0.15, 0.2) is 0 Å². The summed E-state index contributed by atoms with van der Waals surface area (Å²) in [5.74, 6) is 8.04. The second-order valence-corrected chi connectivity index (χ2v) is 18.3. The molecule has 10 unspecified atom stereocenters. The van der Waals surface area contributed by atoms with E-state index in [2.05, 4.69) is 111 Å². The van der Waals surface area contributed by atoms with E-state index in [1.54, 1.807) is 11.1 Å². The average Bonchev–Trinajstić information content (AvgIpc) is 3.64. The first-order valence-electron chi connectivity index (χ1n) is 18.0. The standard InChI is InChI=1S/C42H52.2CH3.2ClH.Zr/c1-3-15-31-27-39-33(29-17-7-5-8-18-29)23-13-25-37(39)41(31)35-21-11-12-22-36(35)42-32(16-4-2)28-40-34(24-14-26-38(40)42)30-19-9-6-10-20-30;;;;;/h5-10,13-14,17-20,23-26,31-32,35-42H,3-4,11-12,15-16,21-22,27-28H2,1-2H3;2*1H3;2*1H;/q;2*-1;;;+4/p-2. The number of allylic oxidation sites excluding steroid dienone is 8. The first-order valence-corrected chi connectivity index (χ1v) is 24.4. The Hall–Kier alpha value is -1.14. The fourth-order valence-corrected chi connectivity index (χ4v) is 11.1. The van der Waals surface area contributed by atoms with Crippen LogP contribution in [0.5, 0.6) is 0 Å². The van der Waals surface area contributed by atoms with Gasteiger partial charge in [0.25, 0.3) is 0 Å². The predicted octanol–water partition coefficient (Wildman–Crippen LogP) is 13.7. The second kappa shape index (κ2) is 18.7. The molecule has 10 atom stereocenters. The maximum absolute atomic E-state index is 4.93. The van der Waals surface area contributed by atoms with Crippen LogP contribution in [-0.2, 0) is 20.8 Å². The molecule has 2 aromatic rings. The molecule has 3 saturated carbocycles. The molecule has 7 rings (SSSR count). The van der Waals surface area contributed by atoms with Crippen molar-refractivity contribution in [3.05, 3.63) is 123 Å². The molecule has 2 aromatic carbocycles. The van der Waals surface area contributed by atoms with E-state index in [0.29, 0.717) is 11.8 Å². The van der Waals surface area contributed by atoms with Gasteiger partial charge in [-0.15, -0.1) is 0 Å². The zero-order valence-electron chi connectivity index (χ0n) is 29.3. The van der Waals surface area contributed by atoms with Crippen LogP contribution in [0.4, 0.5) is 0 Å². The van der Waals surface area contributed by atoms with Crippen molar-refractivity contribution in [3.8, 4) is 0 Å². The molecule has 5 aliphatic carbocycles. The summed E-state index contributed by atoms with van der Waals surface area (Å²) in [6, 6.07) is 22.7. The topological polar surface area (TPSA) is 0 Å². The van der Waals surface area contributed by atoms with E-state index in [1.807, 2.05) is 0 Å². The molecular weight excluding hydrogens is 691 g/mol. The summed E-state index contributed by atoms with van der Waals surface area (Å²) >= 11 is -0.826. The monoisotopic (exact) mass is 746 g/mol. The van der Waals surface area contributed by atoms with E-state index in [9.17, 15) is 0 Å². The van der Waals surface area contributed by atoms with Gasteiger partial charge < -0.3 is 14.9 Å². The number of halogens is 2. The zero-order valence-corrected chi connectivity index (χ0v) is 33.3. The Morgan fingerprint density at radius 2 is 1.00 bits per heavy atom. The Bertz CT molecular complexity index is 1240. The second-order valence-electron chi connectivity index (χ2n) is 14.5. The van der Waals surface area contributed by atoms with Gasteiger partial charge in [-0.3, -0.25) is 0 Å². The molecule has 0 nitrogen and oxygen atoms in total. The Morgan fingerprint density at radius 3 is 1.36 bits per heavy atom. The summed E-state index contributed by atoms with van der Waals surface area (Å²) in [5.41, 5.74) is 6.16. The fraction of sp³-hybridized carbons (Fsp3) is 0.500. The van der Waals surface area contributed by atoms with E-state index in [-0.39, 0.29) is 14.9 Å². The molecule has 0 aliphatic heterocycles. The van der Waals surface area contributed by atoms with Gasteiger partial charge in [0.05, 0.1) is 0 Å². The summed E-state index contributed by atoms with van der Waals surface area (Å²) in [4.78, 5) is 0. The number of benzene rings is 2. The minimum absolute atomic E-state index is 0. The van der Waals surface area contributed by atoms with Gasteiger partial charge in [-0.1, -0.05) is 149 Å². The Kier molecular flexibility index (Phi) is 15.4. The van der Waals surface area contributed by atoms with Crippen molar-refractivity contribution in [3.63, 3.8) is 0 Å². The molecule has 0 amide bonds. The summed E-state index contributed by atoms with van der Waals surface area (Å²) < 4.78 is 0. The van der Waals surface area contributed by atoms with E-state index in [4.69, 9.17) is 17.0 Å². The van der Waals surface area contributed by atoms with E-state index >= 15 is 0 Å². The van der Waals surface area contributed by atoms with Gasteiger partial charge in [0.2, 0.25) is 0 Å². The normalized spacial score (nSPS) is 33.4. The van der Waals surface area contributed by atoms with Crippen molar-refractivity contribution >= 4 is 28.2 Å². The van der Waals surface area contributed by atoms with Crippen LogP contribution < -0.4 is 0 Å². The Balaban J connectivity index is 0.000000965. The SMILES string of the molecule is CCCC1CC2C(c3ccccc3)=CC=CC2C1C1CCCCC1C1C(CCC)CC2C(c3ccccc3)=CC=CC21.[CH3-].[CH3-].[Cl][Zr+2][Cl]. The van der Waals surface area contributed by atoms with Crippen LogP contribution >= 0.6 is 17.0 Å². The van der Waals surface area contributed by atoms with Gasteiger partial charge in [0.1, 0.15) is 0 Å². The van der Waals surface area contributed by atoms with Crippen LogP contribution in [0.1, 0.15) is 89.2 Å². The van der Waals surface area contributed by atoms with E-state index in [0.717, 1.165) is 47.3 Å². The van der Waals surface area contributed by atoms with Crippen molar-refractivity contribution in [1.82, 2.24) is 0 Å². The van der Waals surface area contributed by atoms with Crippen molar-refractivity contribution in [2.24, 2.45) is 59.2 Å². The Morgan fingerprint density at radius 1 is 0.617 bits per heavy atom. The first-order chi connectivity index (χ1) is 22.2. The van der Waals surface area contributed by atoms with Crippen LogP contribution in [-0.4, -0.2) is 0 Å². The third kappa shape index (κ3) is 8.27. The molecule has 252 valence electrons. The third-order valence-corrected chi connectivity index (χ3v) is 12.4. The number of rotatable bonds is 8. The molecule has 0 saturated heterocycles. The molecule has 0 heterocycles. The van der Waals surface area contributed by atoms with Crippen LogP contribution in [0.3, 0.4) is 0 Å². The molecule has 5 aliphatic rings. The molecular formula is C44H58Cl2Zr. The molecule has 3 heteroatoms. The third-order valence-electron chi connectivity index (χ3n) is 12.4. The van der Waals surface area contributed by atoms with Gasteiger partial charge in [-0.05, 0) is 107 Å². The summed E-state index contributed by atoms with van der Waals surface area (Å²) in [6.45, 7) is 4.87. The summed E-state index contributed by atoms with van der Waals surface area (Å²) in [5, 5.41) is 0. The first kappa shape index (κ1) is 38.7. The fourth-order valence-electron chi connectivity index (χ4n) is 11.1. The molecule has 0 N–H and O–H groups in total. The predicted molar refractivity (Wildman–Crippen MR) is 204 cm³/mol. The van der Waals surface area contributed by atoms with E-state index < -0.39 is 20.8 Å². The zero-order chi connectivity index (χ0) is 31.2. The van der Waals surface area contributed by atoms with Crippen molar-refractivity contribution in [1.29, 1.82) is 0 Å². The van der Waals surface area contributed by atoms with Crippen molar-refractivity contribution < 1.29 is 20.8 Å². The Labute approximate surface area is 307 Å². The van der Waals surface area contributed by atoms with Gasteiger partial charge in [0, 0.05) is 0 Å². The van der Waals surface area contributed by atoms with Gasteiger partial charge in [-0.25, -0.2) is 0 Å². The minimum atomic E-state index is -0.826. The van der Waals surface area contributed by atoms with Crippen LogP contribution in [0.15, 0.2) is 97.1 Å². The van der Waals surface area contributed by atoms with Crippen molar-refractivity contribution in [2.75, 3.05) is 0 Å². The van der Waals surface area contributed by atoms with Crippen LogP contribution in [0.25, 0.3) is 11.1 Å².